The summed E-state index contributed by atoms with van der Waals surface area (Å²) in [6.07, 6.45) is -0.558. The zero-order chi connectivity index (χ0) is 15.8. The van der Waals surface area contributed by atoms with Gasteiger partial charge in [0.15, 0.2) is 6.29 Å². The molecule has 0 unspecified atom stereocenters. The SMILES string of the molecule is N#Cc1c(Cl)cc(CCO)c(OCCNC(=O)O)c1C=O. The molecule has 0 saturated heterocycles. The number of ether oxygens (including phenoxy) is 1. The van der Waals surface area contributed by atoms with E-state index in [1.54, 1.807) is 0 Å². The van der Waals surface area contributed by atoms with Gasteiger partial charge >= 0.3 is 6.09 Å². The Morgan fingerprint density at radius 2 is 2.29 bits per heavy atom. The molecule has 0 atom stereocenters. The van der Waals surface area contributed by atoms with E-state index >= 15 is 0 Å². The van der Waals surface area contributed by atoms with Crippen molar-refractivity contribution in [3.05, 3.63) is 27.8 Å². The van der Waals surface area contributed by atoms with Crippen LogP contribution in [0.2, 0.25) is 5.02 Å². The average Bonchev–Trinajstić information content (AvgIpc) is 2.44. The van der Waals surface area contributed by atoms with Gasteiger partial charge in [-0.25, -0.2) is 4.79 Å². The summed E-state index contributed by atoms with van der Waals surface area (Å²) in [6, 6.07) is 3.27. The quantitative estimate of drug-likeness (QED) is 0.514. The van der Waals surface area contributed by atoms with E-state index in [0.29, 0.717) is 11.8 Å². The summed E-state index contributed by atoms with van der Waals surface area (Å²) in [4.78, 5) is 21.5. The van der Waals surface area contributed by atoms with Crippen molar-refractivity contribution in [1.82, 2.24) is 5.32 Å². The number of aldehydes is 1. The van der Waals surface area contributed by atoms with E-state index in [0.717, 1.165) is 0 Å². The molecule has 112 valence electrons. The third-order valence-corrected chi connectivity index (χ3v) is 2.88. The van der Waals surface area contributed by atoms with E-state index in [1.807, 2.05) is 6.07 Å². The van der Waals surface area contributed by atoms with Gasteiger partial charge in [0.2, 0.25) is 0 Å². The summed E-state index contributed by atoms with van der Waals surface area (Å²) >= 11 is 5.92. The molecule has 0 aliphatic heterocycles. The highest BCUT2D eigenvalue weighted by Crippen LogP contribution is 2.32. The van der Waals surface area contributed by atoms with Crippen LogP contribution in [-0.4, -0.2) is 42.4 Å². The maximum Gasteiger partial charge on any atom is 0.404 e. The number of nitriles is 1. The van der Waals surface area contributed by atoms with Gasteiger partial charge in [-0.15, -0.1) is 0 Å². The summed E-state index contributed by atoms with van der Waals surface area (Å²) in [5.41, 5.74) is 0.442. The molecule has 3 N–H and O–H groups in total. The fraction of sp³-hybridized carbons (Fsp3) is 0.308. The molecule has 1 aromatic carbocycles. The lowest BCUT2D eigenvalue weighted by molar-refractivity contribution is 0.111. The van der Waals surface area contributed by atoms with Crippen molar-refractivity contribution in [3.8, 4) is 11.8 Å². The molecule has 0 spiro atoms. The number of rotatable bonds is 7. The molecule has 0 fully saturated rings. The first-order valence-corrected chi connectivity index (χ1v) is 6.34. The minimum Gasteiger partial charge on any atom is -0.491 e. The Kier molecular flexibility index (Phi) is 6.46. The van der Waals surface area contributed by atoms with Gasteiger partial charge in [0, 0.05) is 6.61 Å². The van der Waals surface area contributed by atoms with Crippen LogP contribution in [0.1, 0.15) is 21.5 Å². The molecule has 0 aliphatic rings. The second-order valence-electron chi connectivity index (χ2n) is 3.92. The van der Waals surface area contributed by atoms with Crippen molar-refractivity contribution in [2.75, 3.05) is 19.8 Å². The molecule has 0 aromatic heterocycles. The van der Waals surface area contributed by atoms with Crippen molar-refractivity contribution in [2.24, 2.45) is 0 Å². The number of hydrogen-bond acceptors (Lipinski definition) is 5. The fourth-order valence-electron chi connectivity index (χ4n) is 1.72. The highest BCUT2D eigenvalue weighted by Gasteiger charge is 2.18. The molecule has 7 nitrogen and oxygen atoms in total. The Morgan fingerprint density at radius 1 is 1.57 bits per heavy atom. The summed E-state index contributed by atoms with van der Waals surface area (Å²) in [5.74, 6) is 0.132. The van der Waals surface area contributed by atoms with E-state index in [-0.39, 0.29) is 48.1 Å². The molecule has 1 rings (SSSR count). The summed E-state index contributed by atoms with van der Waals surface area (Å²) in [5, 5.41) is 28.7. The second-order valence-corrected chi connectivity index (χ2v) is 4.33. The van der Waals surface area contributed by atoms with E-state index < -0.39 is 6.09 Å². The van der Waals surface area contributed by atoms with E-state index in [2.05, 4.69) is 5.32 Å². The van der Waals surface area contributed by atoms with Crippen molar-refractivity contribution >= 4 is 24.0 Å². The Bertz CT molecular complexity index is 583. The highest BCUT2D eigenvalue weighted by atomic mass is 35.5. The van der Waals surface area contributed by atoms with Gasteiger partial charge in [-0.3, -0.25) is 4.79 Å². The number of nitrogens with one attached hydrogen (secondary N) is 1. The number of halogens is 1. The first-order chi connectivity index (χ1) is 10.0. The van der Waals surface area contributed by atoms with Gasteiger partial charge in [0.25, 0.3) is 0 Å². The molecule has 1 amide bonds. The number of aliphatic hydroxyl groups is 1. The number of aliphatic hydroxyl groups excluding tert-OH is 1. The number of carbonyl (C=O) groups is 2. The summed E-state index contributed by atoms with van der Waals surface area (Å²) in [7, 11) is 0. The zero-order valence-corrected chi connectivity index (χ0v) is 11.7. The molecule has 8 heteroatoms. The predicted molar refractivity (Wildman–Crippen MR) is 73.9 cm³/mol. The molecule has 0 heterocycles. The number of hydrogen-bond donors (Lipinski definition) is 3. The van der Waals surface area contributed by atoms with Gasteiger partial charge in [0.05, 0.1) is 22.7 Å². The van der Waals surface area contributed by atoms with E-state index in [4.69, 9.17) is 31.8 Å². The number of amides is 1. The summed E-state index contributed by atoms with van der Waals surface area (Å²) < 4.78 is 5.38. The minimum atomic E-state index is -1.20. The van der Waals surface area contributed by atoms with Crippen LogP contribution in [0.4, 0.5) is 4.79 Å². The first kappa shape index (κ1) is 16.8. The lowest BCUT2D eigenvalue weighted by atomic mass is 10.0. The lowest BCUT2D eigenvalue weighted by Crippen LogP contribution is -2.26. The third-order valence-electron chi connectivity index (χ3n) is 2.58. The Hall–Kier alpha value is -2.30. The topological polar surface area (TPSA) is 120 Å². The predicted octanol–water partition coefficient (Wildman–Crippen LogP) is 1.21. The van der Waals surface area contributed by atoms with Gasteiger partial charge in [-0.2, -0.15) is 5.26 Å². The molecule has 1 aromatic rings. The standard InChI is InChI=1S/C13H13ClN2O5/c14-11-5-8(1-3-17)12(10(7-18)9(11)6-15)21-4-2-16-13(19)20/h5,7,16-17H,1-4H2,(H,19,20). The van der Waals surface area contributed by atoms with Crippen LogP contribution < -0.4 is 10.1 Å². The van der Waals surface area contributed by atoms with Crippen LogP contribution >= 0.6 is 11.6 Å². The molecule has 0 aliphatic carbocycles. The second kappa shape index (κ2) is 8.09. The van der Waals surface area contributed by atoms with Crippen molar-refractivity contribution in [2.45, 2.75) is 6.42 Å². The van der Waals surface area contributed by atoms with Crippen LogP contribution in [0, 0.1) is 11.3 Å². The third kappa shape index (κ3) is 4.34. The largest absolute Gasteiger partial charge is 0.491 e. The van der Waals surface area contributed by atoms with Gasteiger partial charge in [0.1, 0.15) is 18.4 Å². The number of carbonyl (C=O) groups excluding carboxylic acids is 1. The fourth-order valence-corrected chi connectivity index (χ4v) is 2.00. The monoisotopic (exact) mass is 312 g/mol. The van der Waals surface area contributed by atoms with Crippen LogP contribution in [0.25, 0.3) is 0 Å². The lowest BCUT2D eigenvalue weighted by Gasteiger charge is -2.15. The van der Waals surface area contributed by atoms with Crippen molar-refractivity contribution in [1.29, 1.82) is 5.26 Å². The highest BCUT2D eigenvalue weighted by molar-refractivity contribution is 6.32. The Labute approximate surface area is 125 Å². The number of carboxylic acid groups (broad SMARTS) is 1. The van der Waals surface area contributed by atoms with E-state index in [1.165, 1.54) is 6.07 Å². The van der Waals surface area contributed by atoms with Gasteiger partial charge in [-0.05, 0) is 18.1 Å². The smallest absolute Gasteiger partial charge is 0.404 e. The van der Waals surface area contributed by atoms with Crippen LogP contribution in [-0.2, 0) is 6.42 Å². The zero-order valence-electron chi connectivity index (χ0n) is 10.9. The number of nitrogens with zero attached hydrogens (tertiary/aromatic N) is 1. The minimum absolute atomic E-state index is 0.0104. The molecule has 0 bridgehead atoms. The van der Waals surface area contributed by atoms with Crippen LogP contribution in [0.3, 0.4) is 0 Å². The van der Waals surface area contributed by atoms with Crippen LogP contribution in [0.15, 0.2) is 6.07 Å². The summed E-state index contributed by atoms with van der Waals surface area (Å²) in [6.45, 7) is -0.209. The Balaban J connectivity index is 3.10. The molecule has 21 heavy (non-hydrogen) atoms. The number of benzene rings is 1. The van der Waals surface area contributed by atoms with Crippen molar-refractivity contribution in [3.63, 3.8) is 0 Å². The van der Waals surface area contributed by atoms with Gasteiger partial charge in [-0.1, -0.05) is 11.6 Å². The maximum atomic E-state index is 11.2. The molecular formula is C13H13ClN2O5. The maximum absolute atomic E-state index is 11.2. The van der Waals surface area contributed by atoms with E-state index in [9.17, 15) is 9.59 Å². The van der Waals surface area contributed by atoms with Crippen LogP contribution in [0.5, 0.6) is 5.75 Å². The van der Waals surface area contributed by atoms with Gasteiger partial charge < -0.3 is 20.3 Å². The first-order valence-electron chi connectivity index (χ1n) is 5.96. The van der Waals surface area contributed by atoms with Crippen molar-refractivity contribution < 1.29 is 24.5 Å². The Morgan fingerprint density at radius 3 is 2.81 bits per heavy atom. The molecule has 0 saturated carbocycles. The average molecular weight is 313 g/mol. The molecule has 0 radical (unpaired) electrons. The normalized spacial score (nSPS) is 9.76. The molecular weight excluding hydrogens is 300 g/mol.